The molecule has 8 nitrogen and oxygen atoms in total. The average molecular weight is 518 g/mol. The van der Waals surface area contributed by atoms with Gasteiger partial charge in [-0.25, -0.2) is 0 Å². The average Bonchev–Trinajstić information content (AvgIpc) is 3.16. The summed E-state index contributed by atoms with van der Waals surface area (Å²) >= 11 is 0. The maximum Gasteiger partial charge on any atom is 0.295 e. The molecule has 1 atom stereocenters. The van der Waals surface area contributed by atoms with Gasteiger partial charge in [0, 0.05) is 6.54 Å². The highest BCUT2D eigenvalue weighted by atomic mass is 16.5. The Hall–Kier alpha value is -4.46. The lowest BCUT2D eigenvalue weighted by molar-refractivity contribution is -0.140. The van der Waals surface area contributed by atoms with Crippen molar-refractivity contribution in [2.45, 2.75) is 33.4 Å². The molecule has 0 aromatic heterocycles. The number of phenols is 1. The molecule has 198 valence electrons. The summed E-state index contributed by atoms with van der Waals surface area (Å²) in [5.74, 6) is -1.32. The highest BCUT2D eigenvalue weighted by Crippen LogP contribution is 2.45. The number of likely N-dealkylation sites (tertiary alicyclic amines) is 1. The van der Waals surface area contributed by atoms with E-state index in [0.717, 1.165) is 16.7 Å². The van der Waals surface area contributed by atoms with Crippen LogP contribution in [-0.2, 0) is 16.1 Å². The van der Waals surface area contributed by atoms with E-state index in [4.69, 9.17) is 14.2 Å². The molecule has 1 fully saturated rings. The van der Waals surface area contributed by atoms with E-state index in [2.05, 4.69) is 0 Å². The van der Waals surface area contributed by atoms with Crippen molar-refractivity contribution in [3.63, 3.8) is 0 Å². The largest absolute Gasteiger partial charge is 0.506 e. The van der Waals surface area contributed by atoms with Gasteiger partial charge in [-0.15, -0.1) is 0 Å². The van der Waals surface area contributed by atoms with E-state index in [1.165, 1.54) is 25.2 Å². The maximum atomic E-state index is 13.6. The molecule has 1 heterocycles. The van der Waals surface area contributed by atoms with Crippen LogP contribution in [0.2, 0.25) is 0 Å². The number of aliphatic hydroxyl groups excluding tert-OH is 1. The number of ketones is 1. The molecule has 4 rings (SSSR count). The summed E-state index contributed by atoms with van der Waals surface area (Å²) in [6.45, 7) is 6.11. The van der Waals surface area contributed by atoms with Crippen LogP contribution in [0.15, 0.2) is 60.2 Å². The van der Waals surface area contributed by atoms with Crippen LogP contribution >= 0.6 is 0 Å². The number of phenolic OH excluding ortho intramolecular Hbond substituents is 1. The van der Waals surface area contributed by atoms with Gasteiger partial charge >= 0.3 is 0 Å². The molecule has 8 heteroatoms. The predicted octanol–water partition coefficient (Wildman–Crippen LogP) is 5.05. The monoisotopic (exact) mass is 517 g/mol. The lowest BCUT2D eigenvalue weighted by Gasteiger charge is -2.27. The maximum absolute atomic E-state index is 13.6. The fraction of sp³-hybridized carbons (Fsp3) is 0.267. The number of Topliss-reactive ketones (excluding diaryl/α,β-unsaturated/α-hetero) is 1. The van der Waals surface area contributed by atoms with Crippen molar-refractivity contribution in [1.29, 1.82) is 0 Å². The van der Waals surface area contributed by atoms with Crippen molar-refractivity contribution >= 4 is 17.4 Å². The van der Waals surface area contributed by atoms with Gasteiger partial charge in [0.1, 0.15) is 22.8 Å². The molecule has 0 saturated carbocycles. The van der Waals surface area contributed by atoms with Crippen LogP contribution in [0.1, 0.15) is 40.8 Å². The number of aromatic hydroxyl groups is 1. The highest BCUT2D eigenvalue weighted by Gasteiger charge is 2.47. The smallest absolute Gasteiger partial charge is 0.295 e. The molecule has 1 amide bonds. The van der Waals surface area contributed by atoms with Gasteiger partial charge in [-0.1, -0.05) is 35.9 Å². The predicted molar refractivity (Wildman–Crippen MR) is 143 cm³/mol. The number of ether oxygens (including phenoxy) is 3. The van der Waals surface area contributed by atoms with Crippen molar-refractivity contribution in [3.05, 3.63) is 88.0 Å². The number of nitrogens with zero attached hydrogens (tertiary/aromatic N) is 1. The molecule has 0 spiro atoms. The molecule has 38 heavy (non-hydrogen) atoms. The van der Waals surface area contributed by atoms with Crippen LogP contribution in [0, 0.1) is 13.8 Å². The first kappa shape index (κ1) is 26.6. The Balaban J connectivity index is 1.97. The zero-order chi connectivity index (χ0) is 27.6. The molecule has 1 saturated heterocycles. The van der Waals surface area contributed by atoms with E-state index in [1.807, 2.05) is 32.0 Å². The first-order valence-corrected chi connectivity index (χ1v) is 12.2. The lowest BCUT2D eigenvalue weighted by atomic mass is 9.94. The minimum absolute atomic E-state index is 0.0755. The summed E-state index contributed by atoms with van der Waals surface area (Å²) in [7, 11) is 2.88. The number of rotatable bonds is 8. The molecule has 3 aromatic rings. The minimum Gasteiger partial charge on any atom is -0.506 e. The van der Waals surface area contributed by atoms with Crippen molar-refractivity contribution in [2.75, 3.05) is 20.8 Å². The van der Waals surface area contributed by atoms with Crippen molar-refractivity contribution in [1.82, 2.24) is 4.90 Å². The van der Waals surface area contributed by atoms with Gasteiger partial charge in [-0.05, 0) is 61.7 Å². The molecular weight excluding hydrogens is 486 g/mol. The molecule has 0 radical (unpaired) electrons. The van der Waals surface area contributed by atoms with Gasteiger partial charge in [0.25, 0.3) is 11.7 Å². The minimum atomic E-state index is -0.968. The molecule has 1 aliphatic rings. The first-order chi connectivity index (χ1) is 18.2. The van der Waals surface area contributed by atoms with Crippen molar-refractivity contribution in [2.24, 2.45) is 0 Å². The Morgan fingerprint density at radius 3 is 2.26 bits per heavy atom. The Labute approximate surface area is 221 Å². The second-order valence-electron chi connectivity index (χ2n) is 9.05. The summed E-state index contributed by atoms with van der Waals surface area (Å²) in [6.07, 6.45) is 0. The molecule has 0 aliphatic carbocycles. The lowest BCUT2D eigenvalue weighted by Crippen LogP contribution is -2.29. The molecule has 0 bridgehead atoms. The van der Waals surface area contributed by atoms with Gasteiger partial charge in [0.2, 0.25) is 0 Å². The van der Waals surface area contributed by atoms with Crippen LogP contribution in [0.5, 0.6) is 23.0 Å². The van der Waals surface area contributed by atoms with E-state index in [0.29, 0.717) is 12.2 Å². The van der Waals surface area contributed by atoms with E-state index >= 15 is 0 Å². The normalized spacial score (nSPS) is 16.6. The summed E-state index contributed by atoms with van der Waals surface area (Å²) in [4.78, 5) is 28.5. The number of carbonyl (C=O) groups is 2. The third kappa shape index (κ3) is 4.77. The molecular formula is C30H31NO7. The molecule has 3 aromatic carbocycles. The van der Waals surface area contributed by atoms with E-state index in [-0.39, 0.29) is 40.7 Å². The second kappa shape index (κ2) is 10.9. The Bertz CT molecular complexity index is 1400. The Morgan fingerprint density at radius 2 is 1.63 bits per heavy atom. The third-order valence-corrected chi connectivity index (χ3v) is 6.65. The van der Waals surface area contributed by atoms with Gasteiger partial charge in [0.05, 0.1) is 32.4 Å². The van der Waals surface area contributed by atoms with Gasteiger partial charge < -0.3 is 29.3 Å². The van der Waals surface area contributed by atoms with Gasteiger partial charge in [-0.3, -0.25) is 9.59 Å². The number of hydrogen-bond acceptors (Lipinski definition) is 7. The van der Waals surface area contributed by atoms with Crippen LogP contribution < -0.4 is 14.2 Å². The Kier molecular flexibility index (Phi) is 7.62. The van der Waals surface area contributed by atoms with Crippen LogP contribution in [-0.4, -0.2) is 47.6 Å². The number of methoxy groups -OCH3 is 2. The topological polar surface area (TPSA) is 106 Å². The number of hydrogen-bond donors (Lipinski definition) is 2. The van der Waals surface area contributed by atoms with E-state index < -0.39 is 23.5 Å². The fourth-order valence-electron chi connectivity index (χ4n) is 4.73. The number of aryl methyl sites for hydroxylation is 2. The number of amides is 1. The van der Waals surface area contributed by atoms with Crippen LogP contribution in [0.4, 0.5) is 0 Å². The van der Waals surface area contributed by atoms with Gasteiger partial charge in [0.15, 0.2) is 11.5 Å². The summed E-state index contributed by atoms with van der Waals surface area (Å²) in [6, 6.07) is 14.5. The zero-order valence-electron chi connectivity index (χ0n) is 22.1. The van der Waals surface area contributed by atoms with Crippen molar-refractivity contribution in [3.8, 4) is 23.0 Å². The first-order valence-electron chi connectivity index (χ1n) is 12.2. The SMILES string of the molecule is CCOc1cc(C2/C(=C(\O)c3c(OC)cccc3OC)C(=O)C(=O)N2Cc2cc(C)ccc2C)ccc1O. The quantitative estimate of drug-likeness (QED) is 0.245. The van der Waals surface area contributed by atoms with Crippen molar-refractivity contribution < 1.29 is 34.0 Å². The number of benzene rings is 3. The van der Waals surface area contributed by atoms with E-state index in [9.17, 15) is 19.8 Å². The molecule has 2 N–H and O–H groups in total. The summed E-state index contributed by atoms with van der Waals surface area (Å²) < 4.78 is 16.5. The zero-order valence-corrected chi connectivity index (χ0v) is 22.1. The van der Waals surface area contributed by atoms with Crippen LogP contribution in [0.3, 0.4) is 0 Å². The molecule has 1 unspecified atom stereocenters. The standard InChI is InChI=1S/C30H31NO7/c1-6-38-24-15-19(12-13-21(24)32)27-26(28(33)25-22(36-4)8-7-9-23(25)37-5)29(34)30(35)31(27)16-20-14-17(2)10-11-18(20)3/h7-15,27,32-33H,6,16H2,1-5H3/b28-26+. The van der Waals surface area contributed by atoms with E-state index in [1.54, 1.807) is 37.3 Å². The molecule has 1 aliphatic heterocycles. The van der Waals surface area contributed by atoms with Gasteiger partial charge in [-0.2, -0.15) is 0 Å². The summed E-state index contributed by atoms with van der Waals surface area (Å²) in [5.41, 5.74) is 3.39. The highest BCUT2D eigenvalue weighted by molar-refractivity contribution is 6.46. The summed E-state index contributed by atoms with van der Waals surface area (Å²) in [5, 5.41) is 21.9. The fourth-order valence-corrected chi connectivity index (χ4v) is 4.73. The third-order valence-electron chi connectivity index (χ3n) is 6.65. The number of aliphatic hydroxyl groups is 1. The Morgan fingerprint density at radius 1 is 0.947 bits per heavy atom. The second-order valence-corrected chi connectivity index (χ2v) is 9.05. The number of carbonyl (C=O) groups excluding carboxylic acids is 2. The van der Waals surface area contributed by atoms with Crippen LogP contribution in [0.25, 0.3) is 5.76 Å².